The summed E-state index contributed by atoms with van der Waals surface area (Å²) in [7, 11) is 5.39. The largest absolute Gasteiger partial charge is 0.459 e. The summed E-state index contributed by atoms with van der Waals surface area (Å²) in [6.45, 7) is 18.8. The molecule has 0 spiro atoms. The van der Waals surface area contributed by atoms with Gasteiger partial charge in [0, 0.05) is 25.5 Å². The van der Waals surface area contributed by atoms with Crippen molar-refractivity contribution in [1.82, 2.24) is 4.90 Å². The van der Waals surface area contributed by atoms with Gasteiger partial charge >= 0.3 is 5.97 Å². The maximum Gasteiger partial charge on any atom is 0.311 e. The highest BCUT2D eigenvalue weighted by Crippen LogP contribution is 2.55. The van der Waals surface area contributed by atoms with Crippen LogP contribution in [0.25, 0.3) is 0 Å². The van der Waals surface area contributed by atoms with Crippen molar-refractivity contribution in [1.29, 1.82) is 0 Å². The third-order valence-electron chi connectivity index (χ3n) is 12.8. The Balaban J connectivity index is 1.59. The van der Waals surface area contributed by atoms with Gasteiger partial charge in [0.15, 0.2) is 12.6 Å². The third kappa shape index (κ3) is 6.80. The first kappa shape index (κ1) is 40.2. The molecule has 0 aromatic heterocycles. The predicted molar refractivity (Wildman–Crippen MR) is 182 cm³/mol. The normalized spacial score (nSPS) is 54.7. The smallest absolute Gasteiger partial charge is 0.311 e. The molecule has 50 heavy (non-hydrogen) atoms. The van der Waals surface area contributed by atoms with Gasteiger partial charge in [0.25, 0.3) is 0 Å². The highest BCUT2D eigenvalue weighted by molar-refractivity contribution is 5.73. The van der Waals surface area contributed by atoms with E-state index in [4.69, 9.17) is 37.9 Å². The van der Waals surface area contributed by atoms with Crippen molar-refractivity contribution >= 4 is 5.97 Å². The van der Waals surface area contributed by atoms with Crippen LogP contribution in [0.1, 0.15) is 94.9 Å². The quantitative estimate of drug-likeness (QED) is 0.332. The summed E-state index contributed by atoms with van der Waals surface area (Å²) in [6, 6.07) is -0.213. The van der Waals surface area contributed by atoms with Gasteiger partial charge in [-0.1, -0.05) is 20.8 Å². The number of nitrogens with zero attached hydrogens (tertiary/aromatic N) is 1. The first-order chi connectivity index (χ1) is 23.2. The standard InChI is InChI=1S/C37H65NO12/c1-14-24-36(9)33(42)37(10,50-36)29-18(2)16-35(8,49-29)30(48-32-26(39)23(38(11)12)15-19(3)44-32)20(4)27(21(5)31(41)46-24)47-25-17-34(7,43-13)28(40)22(6)45-25/h18-30,32-33,39-40,42H,14-17H2,1-13H3/t18-,19-,20+,21-,22+,23+,24+,25-,26+,27-,28-,29-,30+,32+,33-,34+,35-,36-,37-/m1/s1. The molecule has 0 aromatic carbocycles. The number of ether oxygens (including phenoxy) is 8. The first-order valence-corrected chi connectivity index (χ1v) is 18.6. The molecule has 6 rings (SSSR count). The topological polar surface area (TPSA) is 155 Å². The lowest BCUT2D eigenvalue weighted by Gasteiger charge is -2.61. The molecule has 6 heterocycles. The first-order valence-electron chi connectivity index (χ1n) is 18.6. The molecule has 0 aromatic rings. The predicted octanol–water partition coefficient (Wildman–Crippen LogP) is 2.78. The Labute approximate surface area is 298 Å². The number of fused-ring (bicyclic) bond motifs is 6. The van der Waals surface area contributed by atoms with Crippen molar-refractivity contribution in [2.24, 2.45) is 17.8 Å². The summed E-state index contributed by atoms with van der Waals surface area (Å²) < 4.78 is 51.8. The lowest BCUT2D eigenvalue weighted by atomic mass is 9.69. The van der Waals surface area contributed by atoms with Gasteiger partial charge in [-0.25, -0.2) is 0 Å². The number of methoxy groups -OCH3 is 1. The molecule has 6 fully saturated rings. The van der Waals surface area contributed by atoms with Crippen LogP contribution in [0.2, 0.25) is 0 Å². The van der Waals surface area contributed by atoms with Gasteiger partial charge < -0.3 is 58.1 Å². The molecule has 0 saturated carbocycles. The van der Waals surface area contributed by atoms with Crippen molar-refractivity contribution in [2.75, 3.05) is 21.2 Å². The lowest BCUT2D eigenvalue weighted by Crippen LogP contribution is -2.78. The number of hydrogen-bond acceptors (Lipinski definition) is 13. The van der Waals surface area contributed by atoms with E-state index in [2.05, 4.69) is 6.92 Å². The minimum absolute atomic E-state index is 0.0538. The van der Waals surface area contributed by atoms with Gasteiger partial charge in [-0.2, -0.15) is 0 Å². The van der Waals surface area contributed by atoms with Crippen LogP contribution in [-0.4, -0.2) is 143 Å². The van der Waals surface area contributed by atoms with E-state index in [9.17, 15) is 20.1 Å². The molecule has 6 aliphatic heterocycles. The number of esters is 1. The molecule has 13 heteroatoms. The van der Waals surface area contributed by atoms with E-state index in [-0.39, 0.29) is 24.5 Å². The average Bonchev–Trinajstić information content (AvgIpc) is 3.38. The SMILES string of the molecule is CC[C@@H]1OC(=O)[C@H](C)[C@H](O[C@@H]2C[C@](C)(OC)[C@H](O)[C@H](C)O2)[C@H](C)[C@H](O[C@@H]2O[C@H](C)C[C@H](N(C)C)[C@@H]2O)[C@@]2(C)C[C@@H](C)[C@@H](O2)[C@@]2(C)O[C@@]1(C)[C@H]2O. The van der Waals surface area contributed by atoms with Gasteiger partial charge in [-0.15, -0.1) is 0 Å². The number of aliphatic hydroxyl groups is 3. The summed E-state index contributed by atoms with van der Waals surface area (Å²) in [5.74, 6) is -1.97. The van der Waals surface area contributed by atoms with Crippen LogP contribution in [0.15, 0.2) is 0 Å². The molecule has 290 valence electrons. The molecule has 19 atom stereocenters. The Morgan fingerprint density at radius 2 is 1.60 bits per heavy atom. The van der Waals surface area contributed by atoms with Crippen LogP contribution in [0.5, 0.6) is 0 Å². The van der Waals surface area contributed by atoms with Gasteiger partial charge in [0.2, 0.25) is 0 Å². The van der Waals surface area contributed by atoms with E-state index in [1.165, 1.54) is 0 Å². The molecule has 4 bridgehead atoms. The van der Waals surface area contributed by atoms with Crippen LogP contribution in [0.3, 0.4) is 0 Å². The summed E-state index contributed by atoms with van der Waals surface area (Å²) in [6.07, 6.45) is -6.57. The maximum absolute atomic E-state index is 14.2. The highest BCUT2D eigenvalue weighted by atomic mass is 16.7. The fourth-order valence-corrected chi connectivity index (χ4v) is 9.87. The van der Waals surface area contributed by atoms with Gasteiger partial charge in [0.05, 0.1) is 47.6 Å². The number of rotatable bonds is 7. The Morgan fingerprint density at radius 3 is 2.18 bits per heavy atom. The van der Waals surface area contributed by atoms with Crippen molar-refractivity contribution in [3.05, 3.63) is 0 Å². The molecular formula is C37H65NO12. The van der Waals surface area contributed by atoms with Crippen LogP contribution >= 0.6 is 0 Å². The maximum atomic E-state index is 14.2. The second-order valence-corrected chi connectivity index (χ2v) is 17.1. The van der Waals surface area contributed by atoms with Gasteiger partial charge in [0.1, 0.15) is 35.6 Å². The van der Waals surface area contributed by atoms with Crippen LogP contribution < -0.4 is 0 Å². The molecule has 3 N–H and O–H groups in total. The van der Waals surface area contributed by atoms with E-state index in [0.29, 0.717) is 19.3 Å². The molecule has 0 radical (unpaired) electrons. The second kappa shape index (κ2) is 14.4. The molecule has 0 amide bonds. The zero-order valence-electron chi connectivity index (χ0n) is 32.5. The van der Waals surface area contributed by atoms with Crippen LogP contribution in [0, 0.1) is 17.8 Å². The Kier molecular flexibility index (Phi) is 11.5. The summed E-state index contributed by atoms with van der Waals surface area (Å²) in [4.78, 5) is 16.2. The summed E-state index contributed by atoms with van der Waals surface area (Å²) in [5.41, 5.74) is -4.16. The third-order valence-corrected chi connectivity index (χ3v) is 12.8. The van der Waals surface area contributed by atoms with E-state index in [1.807, 2.05) is 60.5 Å². The summed E-state index contributed by atoms with van der Waals surface area (Å²) in [5, 5.41) is 34.4. The van der Waals surface area contributed by atoms with Gasteiger partial charge in [-0.3, -0.25) is 4.79 Å². The Hall–Kier alpha value is -0.970. The van der Waals surface area contributed by atoms with Crippen molar-refractivity contribution in [3.63, 3.8) is 0 Å². The van der Waals surface area contributed by atoms with Crippen molar-refractivity contribution in [2.45, 2.75) is 191 Å². The number of aliphatic hydroxyl groups excluding tert-OH is 3. The van der Waals surface area contributed by atoms with Gasteiger partial charge in [-0.05, 0) is 87.7 Å². The molecule has 13 nitrogen and oxygen atoms in total. The Morgan fingerprint density at radius 1 is 0.940 bits per heavy atom. The van der Waals surface area contributed by atoms with Crippen molar-refractivity contribution in [3.8, 4) is 0 Å². The lowest BCUT2D eigenvalue weighted by molar-refractivity contribution is -0.391. The van der Waals surface area contributed by atoms with E-state index in [0.717, 1.165) is 0 Å². The number of hydrogen-bond donors (Lipinski definition) is 3. The monoisotopic (exact) mass is 715 g/mol. The minimum atomic E-state index is -1.15. The zero-order chi connectivity index (χ0) is 37.3. The molecule has 6 aliphatic rings. The Bertz CT molecular complexity index is 1210. The van der Waals surface area contributed by atoms with E-state index in [1.54, 1.807) is 27.9 Å². The summed E-state index contributed by atoms with van der Waals surface area (Å²) >= 11 is 0. The molecule has 6 saturated heterocycles. The van der Waals surface area contributed by atoms with E-state index < -0.39 is 102 Å². The second-order valence-electron chi connectivity index (χ2n) is 17.1. The van der Waals surface area contributed by atoms with Crippen LogP contribution in [-0.2, 0) is 42.7 Å². The highest BCUT2D eigenvalue weighted by Gasteiger charge is 2.70. The minimum Gasteiger partial charge on any atom is -0.459 e. The number of carbonyl (C=O) groups excluding carboxylic acids is 1. The fraction of sp³-hybridized carbons (Fsp3) is 0.973. The molecule has 0 unspecified atom stereocenters. The van der Waals surface area contributed by atoms with Crippen LogP contribution in [0.4, 0.5) is 0 Å². The fourth-order valence-electron chi connectivity index (χ4n) is 9.87. The molecule has 0 aliphatic carbocycles. The number of carbonyl (C=O) groups is 1. The van der Waals surface area contributed by atoms with Crippen molar-refractivity contribution < 1.29 is 58.0 Å². The average molecular weight is 716 g/mol. The zero-order valence-corrected chi connectivity index (χ0v) is 32.5. The molecular weight excluding hydrogens is 650 g/mol. The van der Waals surface area contributed by atoms with E-state index >= 15 is 0 Å². The number of likely N-dealkylation sites (N-methyl/N-ethyl adjacent to an activating group) is 1.